The zero-order valence-corrected chi connectivity index (χ0v) is 25.6. The van der Waals surface area contributed by atoms with Gasteiger partial charge in [0.25, 0.3) is 12.0 Å². The number of anilines is 2. The highest BCUT2D eigenvalue weighted by Crippen LogP contribution is 2.52. The number of nitrogens with zero attached hydrogens (tertiary/aromatic N) is 3. The SMILES string of the molecule is CC[N+]1=C(C=c2s/c(=C/c3ccc4c(c3)C3CCCC3N4c3ccccc3)c(=O)n2COC=O)C(C)(C)c2ccccc21. The lowest BCUT2D eigenvalue weighted by Gasteiger charge is -2.27. The molecule has 43 heavy (non-hydrogen) atoms. The Morgan fingerprint density at radius 1 is 1.02 bits per heavy atom. The van der Waals surface area contributed by atoms with Gasteiger partial charge in [0.05, 0.1) is 9.95 Å². The maximum absolute atomic E-state index is 13.8. The third-order valence-electron chi connectivity index (χ3n) is 9.44. The van der Waals surface area contributed by atoms with Crippen molar-refractivity contribution >= 4 is 52.7 Å². The maximum Gasteiger partial charge on any atom is 0.294 e. The predicted octanol–water partition coefficient (Wildman–Crippen LogP) is 5.53. The molecule has 4 aromatic rings. The molecule has 2 unspecified atom stereocenters. The molecule has 0 amide bonds. The summed E-state index contributed by atoms with van der Waals surface area (Å²) in [6, 6.07) is 26.2. The van der Waals surface area contributed by atoms with E-state index in [1.807, 2.05) is 6.08 Å². The van der Waals surface area contributed by atoms with E-state index in [1.54, 1.807) is 4.57 Å². The van der Waals surface area contributed by atoms with Gasteiger partial charge < -0.3 is 9.64 Å². The van der Waals surface area contributed by atoms with Crippen molar-refractivity contribution in [2.75, 3.05) is 11.4 Å². The number of carbonyl (C=O) groups is 1. The molecule has 7 rings (SSSR count). The summed E-state index contributed by atoms with van der Waals surface area (Å²) in [6.07, 6.45) is 7.69. The van der Waals surface area contributed by atoms with Gasteiger partial charge in [-0.3, -0.25) is 14.2 Å². The van der Waals surface area contributed by atoms with Gasteiger partial charge in [0.2, 0.25) is 5.69 Å². The van der Waals surface area contributed by atoms with Crippen LogP contribution in [0.25, 0.3) is 12.2 Å². The van der Waals surface area contributed by atoms with Gasteiger partial charge in [0.1, 0.15) is 11.2 Å². The molecule has 0 radical (unpaired) electrons. The molecule has 1 fully saturated rings. The highest BCUT2D eigenvalue weighted by Gasteiger charge is 2.44. The van der Waals surface area contributed by atoms with Crippen LogP contribution in [-0.2, 0) is 21.7 Å². The lowest BCUT2D eigenvalue weighted by molar-refractivity contribution is -0.432. The molecule has 0 N–H and O–H groups in total. The summed E-state index contributed by atoms with van der Waals surface area (Å²) in [7, 11) is 0. The number of fused-ring (bicyclic) bond motifs is 4. The average Bonchev–Trinajstić information content (AvgIpc) is 3.74. The molecule has 1 aromatic heterocycles. The van der Waals surface area contributed by atoms with E-state index in [0.717, 1.165) is 22.5 Å². The second-order valence-electron chi connectivity index (χ2n) is 12.1. The highest BCUT2D eigenvalue weighted by atomic mass is 32.1. The van der Waals surface area contributed by atoms with Gasteiger partial charge in [-0.2, -0.15) is 4.58 Å². The third-order valence-corrected chi connectivity index (χ3v) is 10.5. The Balaban J connectivity index is 1.34. The van der Waals surface area contributed by atoms with Crippen LogP contribution in [0.1, 0.15) is 62.6 Å². The molecule has 218 valence electrons. The van der Waals surface area contributed by atoms with E-state index in [-0.39, 0.29) is 17.7 Å². The van der Waals surface area contributed by atoms with E-state index in [4.69, 9.17) is 4.74 Å². The number of aromatic nitrogens is 1. The van der Waals surface area contributed by atoms with Crippen molar-refractivity contribution in [2.24, 2.45) is 0 Å². The Morgan fingerprint density at radius 2 is 1.81 bits per heavy atom. The normalized spacial score (nSPS) is 20.9. The molecule has 2 atom stereocenters. The van der Waals surface area contributed by atoms with Gasteiger partial charge >= 0.3 is 0 Å². The van der Waals surface area contributed by atoms with Crippen LogP contribution in [0, 0.1) is 0 Å². The Labute approximate surface area is 255 Å². The first-order chi connectivity index (χ1) is 20.9. The molecular formula is C36H36N3O3S+. The minimum absolute atomic E-state index is 0.120. The summed E-state index contributed by atoms with van der Waals surface area (Å²) in [5.41, 5.74) is 8.07. The molecule has 1 saturated carbocycles. The number of para-hydroxylation sites is 2. The second kappa shape index (κ2) is 10.8. The van der Waals surface area contributed by atoms with E-state index in [0.29, 0.717) is 23.0 Å². The molecule has 1 aliphatic carbocycles. The number of hydrogen-bond acceptors (Lipinski definition) is 5. The fourth-order valence-electron chi connectivity index (χ4n) is 7.47. The second-order valence-corrected chi connectivity index (χ2v) is 13.2. The van der Waals surface area contributed by atoms with Gasteiger partial charge in [-0.1, -0.05) is 48.9 Å². The van der Waals surface area contributed by atoms with Crippen molar-refractivity contribution in [1.29, 1.82) is 0 Å². The Kier molecular flexibility index (Phi) is 6.93. The minimum Gasteiger partial charge on any atom is -0.446 e. The Morgan fingerprint density at radius 3 is 2.60 bits per heavy atom. The topological polar surface area (TPSA) is 54.6 Å². The number of benzene rings is 3. The molecule has 0 bridgehead atoms. The Bertz CT molecular complexity index is 1940. The first-order valence-corrected chi connectivity index (χ1v) is 15.9. The lowest BCUT2D eigenvalue weighted by atomic mass is 9.81. The van der Waals surface area contributed by atoms with Gasteiger partial charge in [-0.05, 0) is 75.1 Å². The zero-order chi connectivity index (χ0) is 29.7. The molecule has 3 aliphatic rings. The largest absolute Gasteiger partial charge is 0.446 e. The van der Waals surface area contributed by atoms with E-state index >= 15 is 0 Å². The summed E-state index contributed by atoms with van der Waals surface area (Å²) in [5.74, 6) is 0.496. The zero-order valence-electron chi connectivity index (χ0n) is 24.8. The molecule has 2 aliphatic heterocycles. The van der Waals surface area contributed by atoms with Crippen LogP contribution in [0.2, 0.25) is 0 Å². The number of ether oxygens (including phenoxy) is 1. The monoisotopic (exact) mass is 590 g/mol. The number of rotatable bonds is 7. The summed E-state index contributed by atoms with van der Waals surface area (Å²) >= 11 is 1.45. The first kappa shape index (κ1) is 27.6. The third kappa shape index (κ3) is 4.49. The summed E-state index contributed by atoms with van der Waals surface area (Å²) in [4.78, 5) is 27.4. The first-order valence-electron chi connectivity index (χ1n) is 15.1. The van der Waals surface area contributed by atoms with Crippen molar-refractivity contribution in [3.05, 3.63) is 109 Å². The van der Waals surface area contributed by atoms with Crippen molar-refractivity contribution in [2.45, 2.75) is 64.1 Å². The van der Waals surface area contributed by atoms with Crippen molar-refractivity contribution in [3.63, 3.8) is 0 Å². The van der Waals surface area contributed by atoms with E-state index in [2.05, 4.69) is 109 Å². The van der Waals surface area contributed by atoms with Gasteiger partial charge in [-0.15, -0.1) is 11.3 Å². The maximum atomic E-state index is 13.8. The molecule has 0 saturated heterocycles. The number of thiazole rings is 1. The van der Waals surface area contributed by atoms with E-state index in [9.17, 15) is 9.59 Å². The van der Waals surface area contributed by atoms with Gasteiger partial charge in [-0.25, -0.2) is 0 Å². The molecule has 3 aromatic carbocycles. The fraction of sp³-hybridized carbons (Fsp3) is 0.306. The van der Waals surface area contributed by atoms with Crippen molar-refractivity contribution in [3.8, 4) is 0 Å². The van der Waals surface area contributed by atoms with Gasteiger partial charge in [0.15, 0.2) is 12.4 Å². The summed E-state index contributed by atoms with van der Waals surface area (Å²) in [6.45, 7) is 7.67. The average molecular weight is 591 g/mol. The van der Waals surface area contributed by atoms with Crippen LogP contribution in [-0.4, -0.2) is 33.9 Å². The molecular weight excluding hydrogens is 554 g/mol. The summed E-state index contributed by atoms with van der Waals surface area (Å²) < 4.78 is 10.4. The fourth-order valence-corrected chi connectivity index (χ4v) is 8.50. The predicted molar refractivity (Wildman–Crippen MR) is 173 cm³/mol. The van der Waals surface area contributed by atoms with Gasteiger partial charge in [0, 0.05) is 41.0 Å². The number of carbonyl (C=O) groups excluding carboxylic acids is 1. The molecule has 7 heteroatoms. The quantitative estimate of drug-likeness (QED) is 0.210. The smallest absolute Gasteiger partial charge is 0.294 e. The molecule has 0 spiro atoms. The van der Waals surface area contributed by atoms with Crippen LogP contribution in [0.5, 0.6) is 0 Å². The van der Waals surface area contributed by atoms with Crippen molar-refractivity contribution in [1.82, 2.24) is 4.57 Å². The van der Waals surface area contributed by atoms with E-state index < -0.39 is 0 Å². The summed E-state index contributed by atoms with van der Waals surface area (Å²) in [5, 5.41) is 0. The van der Waals surface area contributed by atoms with Crippen molar-refractivity contribution < 1.29 is 14.1 Å². The minimum atomic E-state index is -0.241. The lowest BCUT2D eigenvalue weighted by Crippen LogP contribution is -2.34. The van der Waals surface area contributed by atoms with Crippen LogP contribution >= 0.6 is 11.3 Å². The highest BCUT2D eigenvalue weighted by molar-refractivity contribution is 7.07. The van der Waals surface area contributed by atoms with E-state index in [1.165, 1.54) is 58.8 Å². The molecule has 3 heterocycles. The van der Waals surface area contributed by atoms with Crippen LogP contribution < -0.4 is 19.7 Å². The Hall–Kier alpha value is -4.23. The van der Waals surface area contributed by atoms with Crippen LogP contribution in [0.4, 0.5) is 17.1 Å². The van der Waals surface area contributed by atoms with Crippen LogP contribution in [0.3, 0.4) is 0 Å². The number of hydrogen-bond donors (Lipinski definition) is 0. The standard InChI is InChI=1S/C36H36N3O3S/c1-4-37-31-15-9-8-14-28(31)36(2,3)33(37)21-34-38(22-42-23-40)35(41)32(43-34)20-24-17-18-30-27(19-24)26-13-10-16-29(26)39(30)25-11-6-5-7-12-25/h5-9,11-12,14-15,17-21,23,26,29H,4,10,13,16,22H2,1-3H3/q+1/b32-20+. The van der Waals surface area contributed by atoms with Crippen LogP contribution in [0.15, 0.2) is 77.6 Å². The molecule has 6 nitrogen and oxygen atoms in total.